The summed E-state index contributed by atoms with van der Waals surface area (Å²) in [6, 6.07) is 14.9. The molecule has 2 aromatic carbocycles. The van der Waals surface area contributed by atoms with Crippen molar-refractivity contribution in [1.29, 1.82) is 0 Å². The molecular weight excluding hydrogens is 294 g/mol. The summed E-state index contributed by atoms with van der Waals surface area (Å²) < 4.78 is 5.76. The standard InChI is InChI=1S/C18H17NO4/c20-11-13-3-1-4-14(9-13)15-5-2-6-16(10-15)23-12-18(7-8-18)19-17(21)22/h1-6,9-11,19H,7-8,12H2,(H,21,22). The largest absolute Gasteiger partial charge is 0.491 e. The van der Waals surface area contributed by atoms with Crippen LogP contribution in [0.3, 0.4) is 0 Å². The van der Waals surface area contributed by atoms with E-state index in [1.165, 1.54) is 0 Å². The highest BCUT2D eigenvalue weighted by atomic mass is 16.5. The van der Waals surface area contributed by atoms with E-state index in [2.05, 4.69) is 5.32 Å². The van der Waals surface area contributed by atoms with Gasteiger partial charge in [0, 0.05) is 5.56 Å². The van der Waals surface area contributed by atoms with Crippen LogP contribution in [0.25, 0.3) is 11.1 Å². The molecule has 1 aliphatic rings. The van der Waals surface area contributed by atoms with Crippen molar-refractivity contribution >= 4 is 12.4 Å². The van der Waals surface area contributed by atoms with Gasteiger partial charge < -0.3 is 15.2 Å². The number of carboxylic acid groups (broad SMARTS) is 1. The average molecular weight is 311 g/mol. The predicted molar refractivity (Wildman–Crippen MR) is 85.9 cm³/mol. The molecule has 1 amide bonds. The summed E-state index contributed by atoms with van der Waals surface area (Å²) in [5.41, 5.74) is 2.06. The number of hydrogen-bond donors (Lipinski definition) is 2. The van der Waals surface area contributed by atoms with E-state index in [4.69, 9.17) is 9.84 Å². The topological polar surface area (TPSA) is 75.6 Å². The van der Waals surface area contributed by atoms with E-state index in [1.54, 1.807) is 6.07 Å². The van der Waals surface area contributed by atoms with Crippen molar-refractivity contribution in [1.82, 2.24) is 5.32 Å². The summed E-state index contributed by atoms with van der Waals surface area (Å²) in [6.07, 6.45) is 1.38. The van der Waals surface area contributed by atoms with Gasteiger partial charge in [-0.2, -0.15) is 0 Å². The number of nitrogens with one attached hydrogen (secondary N) is 1. The van der Waals surface area contributed by atoms with E-state index in [1.807, 2.05) is 42.5 Å². The van der Waals surface area contributed by atoms with E-state index in [-0.39, 0.29) is 0 Å². The smallest absolute Gasteiger partial charge is 0.405 e. The Hall–Kier alpha value is -2.82. The molecule has 0 aliphatic heterocycles. The number of carbonyl (C=O) groups is 2. The van der Waals surface area contributed by atoms with E-state index in [0.717, 1.165) is 30.3 Å². The highest BCUT2D eigenvalue weighted by molar-refractivity contribution is 5.79. The molecular formula is C18H17NO4. The van der Waals surface area contributed by atoms with Gasteiger partial charge in [-0.15, -0.1) is 0 Å². The third kappa shape index (κ3) is 3.69. The minimum absolute atomic E-state index is 0.317. The number of aldehydes is 1. The summed E-state index contributed by atoms with van der Waals surface area (Å²) in [7, 11) is 0. The van der Waals surface area contributed by atoms with E-state index in [9.17, 15) is 9.59 Å². The maximum absolute atomic E-state index is 10.9. The molecule has 0 aromatic heterocycles. The Labute approximate surface area is 133 Å². The highest BCUT2D eigenvalue weighted by Crippen LogP contribution is 2.36. The molecule has 1 fully saturated rings. The van der Waals surface area contributed by atoms with Crippen LogP contribution in [0.5, 0.6) is 5.75 Å². The summed E-state index contributed by atoms with van der Waals surface area (Å²) in [6.45, 7) is 0.317. The van der Waals surface area contributed by atoms with Crippen LogP contribution in [0.15, 0.2) is 48.5 Å². The first-order valence-electron chi connectivity index (χ1n) is 7.40. The second-order valence-corrected chi connectivity index (χ2v) is 5.77. The van der Waals surface area contributed by atoms with Crippen molar-refractivity contribution in [3.63, 3.8) is 0 Å². The lowest BCUT2D eigenvalue weighted by molar-refractivity contribution is 0.112. The Morgan fingerprint density at radius 1 is 1.17 bits per heavy atom. The lowest BCUT2D eigenvalue weighted by Crippen LogP contribution is -2.40. The first-order valence-corrected chi connectivity index (χ1v) is 7.40. The maximum Gasteiger partial charge on any atom is 0.405 e. The van der Waals surface area contributed by atoms with Crippen LogP contribution < -0.4 is 10.1 Å². The number of ether oxygens (including phenoxy) is 1. The number of rotatable bonds is 6. The van der Waals surface area contributed by atoms with Crippen LogP contribution >= 0.6 is 0 Å². The third-order valence-corrected chi connectivity index (χ3v) is 3.93. The molecule has 118 valence electrons. The van der Waals surface area contributed by atoms with E-state index < -0.39 is 11.6 Å². The predicted octanol–water partition coefficient (Wildman–Crippen LogP) is 3.35. The molecule has 0 heterocycles. The SMILES string of the molecule is O=Cc1cccc(-c2cccc(OCC3(NC(=O)O)CC3)c2)c1. The fourth-order valence-electron chi connectivity index (χ4n) is 2.46. The lowest BCUT2D eigenvalue weighted by atomic mass is 10.0. The fraction of sp³-hybridized carbons (Fsp3) is 0.222. The van der Waals surface area contributed by atoms with Gasteiger partial charge in [0.2, 0.25) is 0 Å². The molecule has 23 heavy (non-hydrogen) atoms. The Balaban J connectivity index is 1.72. The molecule has 0 atom stereocenters. The zero-order valence-electron chi connectivity index (χ0n) is 12.5. The number of hydrogen-bond acceptors (Lipinski definition) is 3. The van der Waals surface area contributed by atoms with Gasteiger partial charge in [0.05, 0.1) is 5.54 Å². The third-order valence-electron chi connectivity index (χ3n) is 3.93. The van der Waals surface area contributed by atoms with Crippen molar-refractivity contribution in [2.24, 2.45) is 0 Å². The number of carbonyl (C=O) groups excluding carboxylic acids is 1. The molecule has 5 heteroatoms. The molecule has 1 aliphatic carbocycles. The van der Waals surface area contributed by atoms with Gasteiger partial charge in [-0.3, -0.25) is 4.79 Å². The monoisotopic (exact) mass is 311 g/mol. The molecule has 0 spiro atoms. The zero-order chi connectivity index (χ0) is 16.3. The Bertz CT molecular complexity index is 737. The van der Waals surface area contributed by atoms with Crippen molar-refractivity contribution in [3.8, 4) is 16.9 Å². The van der Waals surface area contributed by atoms with Crippen LogP contribution in [-0.4, -0.2) is 29.6 Å². The van der Waals surface area contributed by atoms with Gasteiger partial charge in [-0.1, -0.05) is 30.3 Å². The second-order valence-electron chi connectivity index (χ2n) is 5.77. The van der Waals surface area contributed by atoms with Crippen molar-refractivity contribution in [3.05, 3.63) is 54.1 Å². The summed E-state index contributed by atoms with van der Waals surface area (Å²) in [4.78, 5) is 21.7. The van der Waals surface area contributed by atoms with Crippen molar-refractivity contribution in [2.75, 3.05) is 6.61 Å². The van der Waals surface area contributed by atoms with Gasteiger partial charge in [0.25, 0.3) is 0 Å². The molecule has 1 saturated carbocycles. The van der Waals surface area contributed by atoms with Crippen LogP contribution in [-0.2, 0) is 0 Å². The van der Waals surface area contributed by atoms with E-state index in [0.29, 0.717) is 17.9 Å². The molecule has 0 unspecified atom stereocenters. The summed E-state index contributed by atoms with van der Waals surface area (Å²) >= 11 is 0. The fourth-order valence-corrected chi connectivity index (χ4v) is 2.46. The first-order chi connectivity index (χ1) is 11.1. The molecule has 2 aromatic rings. The minimum atomic E-state index is -1.02. The van der Waals surface area contributed by atoms with Crippen LogP contribution in [0.4, 0.5) is 4.79 Å². The normalized spacial score (nSPS) is 14.8. The number of amides is 1. The molecule has 5 nitrogen and oxygen atoms in total. The maximum atomic E-state index is 10.9. The van der Waals surface area contributed by atoms with Crippen LogP contribution in [0, 0.1) is 0 Å². The first kappa shape index (κ1) is 15.1. The average Bonchev–Trinajstić information content (AvgIpc) is 3.32. The Kier molecular flexibility index (Phi) is 4.02. The second kappa shape index (κ2) is 6.12. The number of benzene rings is 2. The Morgan fingerprint density at radius 3 is 2.52 bits per heavy atom. The van der Waals surface area contributed by atoms with Gasteiger partial charge in [-0.05, 0) is 42.2 Å². The Morgan fingerprint density at radius 2 is 1.87 bits per heavy atom. The minimum Gasteiger partial charge on any atom is -0.491 e. The molecule has 2 N–H and O–H groups in total. The quantitative estimate of drug-likeness (QED) is 0.802. The van der Waals surface area contributed by atoms with Gasteiger partial charge >= 0.3 is 6.09 Å². The van der Waals surface area contributed by atoms with Crippen molar-refractivity contribution < 1.29 is 19.4 Å². The molecule has 0 saturated heterocycles. The van der Waals surface area contributed by atoms with Gasteiger partial charge in [-0.25, -0.2) is 4.79 Å². The molecule has 0 bridgehead atoms. The van der Waals surface area contributed by atoms with Gasteiger partial charge in [0.15, 0.2) is 0 Å². The lowest BCUT2D eigenvalue weighted by Gasteiger charge is -2.16. The summed E-state index contributed by atoms with van der Waals surface area (Å²) in [5, 5.41) is 11.3. The zero-order valence-corrected chi connectivity index (χ0v) is 12.5. The summed E-state index contributed by atoms with van der Waals surface area (Å²) in [5.74, 6) is 0.678. The van der Waals surface area contributed by atoms with E-state index >= 15 is 0 Å². The highest BCUT2D eigenvalue weighted by Gasteiger charge is 2.45. The van der Waals surface area contributed by atoms with Crippen LogP contribution in [0.1, 0.15) is 23.2 Å². The van der Waals surface area contributed by atoms with Crippen LogP contribution in [0.2, 0.25) is 0 Å². The van der Waals surface area contributed by atoms with Gasteiger partial charge in [0.1, 0.15) is 18.6 Å². The molecule has 0 radical (unpaired) electrons. The van der Waals surface area contributed by atoms with Crippen molar-refractivity contribution in [2.45, 2.75) is 18.4 Å². The molecule has 3 rings (SSSR count).